The molecule has 42 heavy (non-hydrogen) atoms. The summed E-state index contributed by atoms with van der Waals surface area (Å²) in [4.78, 5) is 0. The number of benzene rings is 4. The summed E-state index contributed by atoms with van der Waals surface area (Å²) < 4.78 is 10.5. The second-order valence-corrected chi connectivity index (χ2v) is 11.6. The summed E-state index contributed by atoms with van der Waals surface area (Å²) >= 11 is 0. The van der Waals surface area contributed by atoms with Crippen molar-refractivity contribution < 1.29 is 13.9 Å². The van der Waals surface area contributed by atoms with Gasteiger partial charge in [-0.05, 0) is 76.2 Å². The van der Waals surface area contributed by atoms with Gasteiger partial charge in [-0.3, -0.25) is 0 Å². The van der Waals surface area contributed by atoms with Crippen LogP contribution >= 0.6 is 0 Å². The molecule has 0 radical (unpaired) electrons. The first-order chi connectivity index (χ1) is 20.8. The van der Waals surface area contributed by atoms with E-state index in [2.05, 4.69) is 118 Å². The molecule has 2 aromatic heterocycles. The number of nitrogens with zero attached hydrogens (tertiary/aromatic N) is 2. The van der Waals surface area contributed by atoms with Gasteiger partial charge in [0.1, 0.15) is 18.8 Å². The maximum absolute atomic E-state index is 5.42. The van der Waals surface area contributed by atoms with Crippen LogP contribution in [-0.2, 0) is 25.9 Å². The van der Waals surface area contributed by atoms with E-state index in [4.69, 9.17) is 4.74 Å². The van der Waals surface area contributed by atoms with Gasteiger partial charge in [-0.25, -0.2) is 0 Å². The zero-order chi connectivity index (χ0) is 28.0. The molecule has 0 saturated heterocycles. The van der Waals surface area contributed by atoms with Crippen molar-refractivity contribution in [3.05, 3.63) is 126 Å². The Balaban J connectivity index is 1.34. The Bertz CT molecular complexity index is 2040. The SMILES string of the molecule is COc1ccc2cc(C=Cc3cc4[n+](c5ccccc35)CCCc3ccc5c(c3-4)-c3cccc[n+]3CCC5)ccc2c1. The fraction of sp³-hybridized carbons (Fsp3) is 0.179. The van der Waals surface area contributed by atoms with Crippen molar-refractivity contribution in [1.82, 2.24) is 0 Å². The van der Waals surface area contributed by atoms with Gasteiger partial charge in [0.2, 0.25) is 16.9 Å². The Labute approximate surface area is 247 Å². The molecule has 0 aliphatic carbocycles. The summed E-state index contributed by atoms with van der Waals surface area (Å²) in [6.07, 6.45) is 11.3. The number of methoxy groups -OCH3 is 1. The molecule has 4 heterocycles. The average molecular weight is 547 g/mol. The van der Waals surface area contributed by atoms with Gasteiger partial charge in [0, 0.05) is 37.1 Å². The summed E-state index contributed by atoms with van der Waals surface area (Å²) in [5.74, 6) is 0.888. The number of pyridine rings is 2. The Hall–Kier alpha value is -4.76. The van der Waals surface area contributed by atoms with Crippen LogP contribution in [0.3, 0.4) is 0 Å². The molecule has 0 unspecified atom stereocenters. The predicted molar refractivity (Wildman–Crippen MR) is 171 cm³/mol. The van der Waals surface area contributed by atoms with Gasteiger partial charge in [-0.15, -0.1) is 0 Å². The fourth-order valence-corrected chi connectivity index (χ4v) is 7.09. The number of para-hydroxylation sites is 1. The lowest BCUT2D eigenvalue weighted by Crippen LogP contribution is -2.37. The number of aromatic nitrogens is 2. The van der Waals surface area contributed by atoms with Crippen molar-refractivity contribution in [2.75, 3.05) is 7.11 Å². The third-order valence-corrected chi connectivity index (χ3v) is 9.12. The highest BCUT2D eigenvalue weighted by molar-refractivity contribution is 5.94. The van der Waals surface area contributed by atoms with E-state index < -0.39 is 0 Å². The number of fused-ring (bicyclic) bond motifs is 10. The van der Waals surface area contributed by atoms with Gasteiger partial charge >= 0.3 is 0 Å². The molecule has 0 amide bonds. The lowest BCUT2D eigenvalue weighted by molar-refractivity contribution is -0.686. The zero-order valence-corrected chi connectivity index (χ0v) is 24.0. The molecule has 0 atom stereocenters. The first-order valence-corrected chi connectivity index (χ1v) is 15.1. The molecule has 0 saturated carbocycles. The summed E-state index contributed by atoms with van der Waals surface area (Å²) in [6.45, 7) is 2.08. The van der Waals surface area contributed by atoms with E-state index in [-0.39, 0.29) is 0 Å². The lowest BCUT2D eigenvalue weighted by Gasteiger charge is -2.15. The Morgan fingerprint density at radius 1 is 0.667 bits per heavy atom. The van der Waals surface area contributed by atoms with Crippen LogP contribution in [0.1, 0.15) is 35.1 Å². The summed E-state index contributed by atoms with van der Waals surface area (Å²) in [7, 11) is 1.72. The Morgan fingerprint density at radius 2 is 1.43 bits per heavy atom. The fourth-order valence-electron chi connectivity index (χ4n) is 7.09. The van der Waals surface area contributed by atoms with Gasteiger partial charge in [0.15, 0.2) is 6.20 Å². The van der Waals surface area contributed by atoms with Gasteiger partial charge < -0.3 is 4.74 Å². The van der Waals surface area contributed by atoms with E-state index >= 15 is 0 Å². The minimum Gasteiger partial charge on any atom is -0.497 e. The summed E-state index contributed by atoms with van der Waals surface area (Å²) in [5.41, 5.74) is 12.2. The maximum atomic E-state index is 5.42. The van der Waals surface area contributed by atoms with Crippen molar-refractivity contribution in [2.24, 2.45) is 0 Å². The number of hydrogen-bond acceptors (Lipinski definition) is 1. The van der Waals surface area contributed by atoms with Gasteiger partial charge in [0.05, 0.1) is 23.6 Å². The van der Waals surface area contributed by atoms with Crippen molar-refractivity contribution >= 4 is 33.8 Å². The third kappa shape index (κ3) is 4.19. The van der Waals surface area contributed by atoms with Crippen LogP contribution in [0.4, 0.5) is 0 Å². The molecule has 0 bridgehead atoms. The largest absolute Gasteiger partial charge is 0.497 e. The standard InChI is InChI=1S/C39H34N2O/c1-42-33-20-19-30-24-27(13-15-31(30)25-33)14-16-32-26-37-39-29(9-7-23-41(37)35-11-3-2-10-34(32)35)18-17-28-8-6-22-40-21-5-4-12-36(40)38(28)39/h2-5,10-21,24-26H,6-9,22-23H2,1H3/q+2. The third-order valence-electron chi connectivity index (χ3n) is 9.12. The van der Waals surface area contributed by atoms with Crippen LogP contribution in [0.2, 0.25) is 0 Å². The van der Waals surface area contributed by atoms with Gasteiger partial charge in [0.25, 0.3) is 0 Å². The smallest absolute Gasteiger partial charge is 0.214 e. The molecule has 6 aromatic rings. The monoisotopic (exact) mass is 546 g/mol. The van der Waals surface area contributed by atoms with Crippen LogP contribution in [0.5, 0.6) is 5.75 Å². The number of ether oxygens (including phenoxy) is 1. The molecule has 2 aliphatic heterocycles. The van der Waals surface area contributed by atoms with Crippen LogP contribution in [0, 0.1) is 0 Å². The first kappa shape index (κ1) is 25.0. The summed E-state index contributed by atoms with van der Waals surface area (Å²) in [6, 6.07) is 35.8. The maximum Gasteiger partial charge on any atom is 0.214 e. The van der Waals surface area contributed by atoms with Gasteiger partial charge in [-0.1, -0.05) is 54.6 Å². The molecule has 8 rings (SSSR count). The van der Waals surface area contributed by atoms with E-state index in [1.165, 1.54) is 66.4 Å². The van der Waals surface area contributed by atoms with Crippen molar-refractivity contribution in [1.29, 1.82) is 0 Å². The zero-order valence-electron chi connectivity index (χ0n) is 24.0. The quantitative estimate of drug-likeness (QED) is 0.206. The number of aryl methyl sites for hydroxylation is 4. The van der Waals surface area contributed by atoms with Crippen molar-refractivity contribution in [3.63, 3.8) is 0 Å². The van der Waals surface area contributed by atoms with E-state index in [9.17, 15) is 0 Å². The minimum atomic E-state index is 0.888. The van der Waals surface area contributed by atoms with Gasteiger partial charge in [-0.2, -0.15) is 9.13 Å². The van der Waals surface area contributed by atoms with Crippen molar-refractivity contribution in [3.8, 4) is 28.3 Å². The summed E-state index contributed by atoms with van der Waals surface area (Å²) in [5, 5.41) is 3.70. The van der Waals surface area contributed by atoms with E-state index in [0.717, 1.165) is 44.5 Å². The highest BCUT2D eigenvalue weighted by Crippen LogP contribution is 2.40. The Morgan fingerprint density at radius 3 is 2.31 bits per heavy atom. The molecule has 2 aliphatic rings. The second-order valence-electron chi connectivity index (χ2n) is 11.6. The first-order valence-electron chi connectivity index (χ1n) is 15.1. The van der Waals surface area contributed by atoms with Crippen LogP contribution in [0.15, 0.2) is 103 Å². The second kappa shape index (κ2) is 10.3. The predicted octanol–water partition coefficient (Wildman–Crippen LogP) is 7.97. The molecular weight excluding hydrogens is 512 g/mol. The normalized spacial score (nSPS) is 14.1. The van der Waals surface area contributed by atoms with Crippen LogP contribution < -0.4 is 13.9 Å². The molecule has 204 valence electrons. The molecule has 3 heteroatoms. The lowest BCUT2D eigenvalue weighted by atomic mass is 9.88. The molecule has 3 nitrogen and oxygen atoms in total. The molecule has 4 aromatic carbocycles. The van der Waals surface area contributed by atoms with E-state index in [1.54, 1.807) is 7.11 Å². The number of rotatable bonds is 3. The highest BCUT2D eigenvalue weighted by atomic mass is 16.5. The molecular formula is C39H34N2O+2. The molecule has 0 fully saturated rings. The van der Waals surface area contributed by atoms with E-state index in [1.807, 2.05) is 6.07 Å². The minimum absolute atomic E-state index is 0.888. The topological polar surface area (TPSA) is 17.0 Å². The average Bonchev–Trinajstić information content (AvgIpc) is 3.35. The van der Waals surface area contributed by atoms with E-state index in [0.29, 0.717) is 0 Å². The highest BCUT2D eigenvalue weighted by Gasteiger charge is 2.32. The molecule has 0 spiro atoms. The van der Waals surface area contributed by atoms with Crippen molar-refractivity contribution in [2.45, 2.75) is 38.8 Å². The number of hydrogen-bond donors (Lipinski definition) is 0. The Kier molecular flexibility index (Phi) is 6.10. The van der Waals surface area contributed by atoms with Crippen LogP contribution in [-0.4, -0.2) is 7.11 Å². The van der Waals surface area contributed by atoms with Crippen LogP contribution in [0.25, 0.3) is 56.3 Å². The molecule has 0 N–H and O–H groups in total.